The second-order valence-electron chi connectivity index (χ2n) is 6.21. The van der Waals surface area contributed by atoms with Gasteiger partial charge in [-0.05, 0) is 42.5 Å². The van der Waals surface area contributed by atoms with E-state index in [0.29, 0.717) is 22.1 Å². The number of carbonyl (C=O) groups excluding carboxylic acids is 1. The van der Waals surface area contributed by atoms with E-state index in [0.717, 1.165) is 11.3 Å². The molecular formula is C20H11ClN6O4S. The minimum absolute atomic E-state index is 0.00562. The number of hydrogen-bond acceptors (Lipinski definition) is 8. The number of nitrogens with one attached hydrogen (secondary N) is 1. The summed E-state index contributed by atoms with van der Waals surface area (Å²) in [5, 5.41) is 31.7. The number of benzene rings is 1. The van der Waals surface area contributed by atoms with Crippen LogP contribution < -0.4 is 5.32 Å². The number of amides is 1. The average molecular weight is 467 g/mol. The van der Waals surface area contributed by atoms with Crippen molar-refractivity contribution < 1.29 is 14.1 Å². The Morgan fingerprint density at radius 3 is 2.88 bits per heavy atom. The van der Waals surface area contributed by atoms with Crippen molar-refractivity contribution in [2.45, 2.75) is 0 Å². The molecular weight excluding hydrogens is 456 g/mol. The molecule has 3 aromatic heterocycles. The van der Waals surface area contributed by atoms with Crippen LogP contribution in [0.1, 0.15) is 5.69 Å². The van der Waals surface area contributed by atoms with Gasteiger partial charge in [0, 0.05) is 18.0 Å². The fraction of sp³-hybridized carbons (Fsp3) is 0. The summed E-state index contributed by atoms with van der Waals surface area (Å²) in [5.74, 6) is -0.168. The maximum atomic E-state index is 12.6. The monoisotopic (exact) mass is 466 g/mol. The number of hydrogen-bond donors (Lipinski definition) is 1. The molecule has 0 spiro atoms. The number of nitriles is 1. The molecule has 0 atom stereocenters. The van der Waals surface area contributed by atoms with E-state index in [4.69, 9.17) is 16.0 Å². The molecule has 158 valence electrons. The van der Waals surface area contributed by atoms with Crippen LogP contribution >= 0.6 is 22.9 Å². The molecule has 4 aromatic rings. The average Bonchev–Trinajstić information content (AvgIpc) is 3.53. The molecule has 0 aliphatic carbocycles. The van der Waals surface area contributed by atoms with Gasteiger partial charge in [0.2, 0.25) is 5.13 Å². The number of aromatic nitrogens is 3. The smallest absolute Gasteiger partial charge is 0.289 e. The predicted molar refractivity (Wildman–Crippen MR) is 117 cm³/mol. The summed E-state index contributed by atoms with van der Waals surface area (Å²) in [7, 11) is 0. The molecule has 0 aliphatic heterocycles. The Labute approximate surface area is 189 Å². The zero-order chi connectivity index (χ0) is 22.7. The van der Waals surface area contributed by atoms with Crippen molar-refractivity contribution in [3.8, 4) is 22.5 Å². The Hall–Kier alpha value is -4.27. The Kier molecular flexibility index (Phi) is 5.80. The lowest BCUT2D eigenvalue weighted by molar-refractivity contribution is -0.384. The van der Waals surface area contributed by atoms with Gasteiger partial charge in [-0.25, -0.2) is 0 Å². The summed E-state index contributed by atoms with van der Waals surface area (Å²) >= 11 is 6.97. The number of nitro groups is 1. The maximum Gasteiger partial charge on any atom is 0.289 e. The van der Waals surface area contributed by atoms with Crippen LogP contribution in [0.5, 0.6) is 0 Å². The third-order valence-electron chi connectivity index (χ3n) is 4.22. The molecule has 1 N–H and O–H groups in total. The third-order valence-corrected chi connectivity index (χ3v) is 5.39. The molecule has 0 aliphatic rings. The van der Waals surface area contributed by atoms with Gasteiger partial charge in [-0.3, -0.25) is 20.2 Å². The lowest BCUT2D eigenvalue weighted by Crippen LogP contribution is -2.13. The number of carbonyl (C=O) groups is 1. The van der Waals surface area contributed by atoms with Gasteiger partial charge in [0.05, 0.1) is 16.9 Å². The van der Waals surface area contributed by atoms with Crippen LogP contribution in [0.2, 0.25) is 5.02 Å². The first kappa shape index (κ1) is 21.0. The van der Waals surface area contributed by atoms with Crippen molar-refractivity contribution in [2.24, 2.45) is 0 Å². The molecule has 32 heavy (non-hydrogen) atoms. The van der Waals surface area contributed by atoms with Gasteiger partial charge in [0.1, 0.15) is 16.7 Å². The second kappa shape index (κ2) is 8.84. The SMILES string of the molecule is N#CC(=Cc1cccn1-c1ccc(Cl)c([N+](=O)[O-])c1)C(=O)Nc1nnc(-c2ccco2)s1. The number of nitro benzene ring substituents is 1. The topological polar surface area (TPSA) is 140 Å². The summed E-state index contributed by atoms with van der Waals surface area (Å²) < 4.78 is 6.83. The molecule has 0 saturated heterocycles. The second-order valence-corrected chi connectivity index (χ2v) is 7.59. The van der Waals surface area contributed by atoms with Gasteiger partial charge >= 0.3 is 0 Å². The number of nitrogens with zero attached hydrogens (tertiary/aromatic N) is 5. The summed E-state index contributed by atoms with van der Waals surface area (Å²) in [6.07, 6.45) is 4.51. The summed E-state index contributed by atoms with van der Waals surface area (Å²) in [5.41, 5.74) is 0.460. The fourth-order valence-corrected chi connectivity index (χ4v) is 3.67. The zero-order valence-corrected chi connectivity index (χ0v) is 17.5. The first-order chi connectivity index (χ1) is 15.5. The van der Waals surface area contributed by atoms with Crippen molar-refractivity contribution in [3.63, 3.8) is 0 Å². The quantitative estimate of drug-likeness (QED) is 0.188. The number of anilines is 1. The van der Waals surface area contributed by atoms with Crippen LogP contribution in [0.4, 0.5) is 10.8 Å². The van der Waals surface area contributed by atoms with E-state index in [-0.39, 0.29) is 21.4 Å². The number of furan rings is 1. The normalized spacial score (nSPS) is 11.2. The lowest BCUT2D eigenvalue weighted by Gasteiger charge is -2.08. The van der Waals surface area contributed by atoms with Crippen molar-refractivity contribution in [1.82, 2.24) is 14.8 Å². The molecule has 0 bridgehead atoms. The van der Waals surface area contributed by atoms with Crippen molar-refractivity contribution >= 4 is 45.7 Å². The van der Waals surface area contributed by atoms with E-state index in [2.05, 4.69) is 15.5 Å². The Bertz CT molecular complexity index is 1380. The van der Waals surface area contributed by atoms with E-state index in [1.54, 1.807) is 41.1 Å². The molecule has 12 heteroatoms. The van der Waals surface area contributed by atoms with Crippen LogP contribution in [-0.4, -0.2) is 25.6 Å². The van der Waals surface area contributed by atoms with E-state index in [1.165, 1.54) is 24.5 Å². The highest BCUT2D eigenvalue weighted by molar-refractivity contribution is 7.18. The maximum absolute atomic E-state index is 12.6. The van der Waals surface area contributed by atoms with Crippen LogP contribution in [0, 0.1) is 21.4 Å². The first-order valence-electron chi connectivity index (χ1n) is 8.88. The van der Waals surface area contributed by atoms with Crippen LogP contribution in [0.15, 0.2) is 64.9 Å². The molecule has 10 nitrogen and oxygen atoms in total. The molecule has 0 radical (unpaired) electrons. The minimum Gasteiger partial charge on any atom is -0.462 e. The Balaban J connectivity index is 1.59. The van der Waals surface area contributed by atoms with Gasteiger partial charge in [0.15, 0.2) is 10.8 Å². The number of rotatable bonds is 6. The summed E-state index contributed by atoms with van der Waals surface area (Å²) in [6.45, 7) is 0. The molecule has 1 aromatic carbocycles. The van der Waals surface area contributed by atoms with Crippen LogP contribution in [-0.2, 0) is 4.79 Å². The Morgan fingerprint density at radius 2 is 2.16 bits per heavy atom. The van der Waals surface area contributed by atoms with Gasteiger partial charge in [-0.2, -0.15) is 5.26 Å². The standard InChI is InChI=1S/C20H11ClN6O4S/c21-15-6-5-14(10-16(15)27(29)30)26-7-1-3-13(26)9-12(11-22)18(28)23-20-25-24-19(32-20)17-4-2-8-31-17/h1-10H,(H,23,25,28). The molecule has 3 heterocycles. The highest BCUT2D eigenvalue weighted by Gasteiger charge is 2.17. The first-order valence-corrected chi connectivity index (χ1v) is 10.1. The molecule has 0 fully saturated rings. The van der Waals surface area contributed by atoms with E-state index in [9.17, 15) is 20.2 Å². The fourth-order valence-electron chi connectivity index (χ4n) is 2.77. The summed E-state index contributed by atoms with van der Waals surface area (Å²) in [4.78, 5) is 23.2. The number of halogens is 1. The largest absolute Gasteiger partial charge is 0.462 e. The molecule has 1 amide bonds. The van der Waals surface area contributed by atoms with Crippen LogP contribution in [0.3, 0.4) is 0 Å². The van der Waals surface area contributed by atoms with Crippen LogP contribution in [0.25, 0.3) is 22.5 Å². The molecule has 0 unspecified atom stereocenters. The van der Waals surface area contributed by atoms with E-state index in [1.807, 2.05) is 6.07 Å². The Morgan fingerprint density at radius 1 is 1.31 bits per heavy atom. The van der Waals surface area contributed by atoms with Gasteiger partial charge in [-0.1, -0.05) is 22.9 Å². The van der Waals surface area contributed by atoms with Gasteiger partial charge in [0.25, 0.3) is 11.6 Å². The van der Waals surface area contributed by atoms with Crippen molar-refractivity contribution in [2.75, 3.05) is 5.32 Å². The lowest BCUT2D eigenvalue weighted by atomic mass is 10.2. The summed E-state index contributed by atoms with van der Waals surface area (Å²) in [6, 6.07) is 12.9. The van der Waals surface area contributed by atoms with Crippen molar-refractivity contribution in [1.29, 1.82) is 5.26 Å². The van der Waals surface area contributed by atoms with E-state index < -0.39 is 10.8 Å². The molecule has 4 rings (SSSR count). The zero-order valence-electron chi connectivity index (χ0n) is 15.9. The third kappa shape index (κ3) is 4.27. The predicted octanol–water partition coefficient (Wildman–Crippen LogP) is 4.70. The molecule has 0 saturated carbocycles. The van der Waals surface area contributed by atoms with Gasteiger partial charge in [-0.15, -0.1) is 10.2 Å². The highest BCUT2D eigenvalue weighted by Crippen LogP contribution is 2.29. The van der Waals surface area contributed by atoms with Crippen molar-refractivity contribution in [3.05, 3.63) is 81.3 Å². The highest BCUT2D eigenvalue weighted by atomic mass is 35.5. The minimum atomic E-state index is -0.676. The van der Waals surface area contributed by atoms with E-state index >= 15 is 0 Å². The van der Waals surface area contributed by atoms with Gasteiger partial charge < -0.3 is 8.98 Å².